The number of ether oxygens (including phenoxy) is 1. The fourth-order valence-electron chi connectivity index (χ4n) is 2.35. The summed E-state index contributed by atoms with van der Waals surface area (Å²) in [5.41, 5.74) is 0.137. The van der Waals surface area contributed by atoms with Crippen molar-refractivity contribution in [3.63, 3.8) is 0 Å². The van der Waals surface area contributed by atoms with Crippen LogP contribution in [0.25, 0.3) is 6.08 Å². The molecule has 0 fully saturated rings. The Hall–Kier alpha value is -3.77. The Kier molecular flexibility index (Phi) is 5.97. The number of terminal acetylenes is 1. The summed E-state index contributed by atoms with van der Waals surface area (Å²) in [6.45, 7) is 1.54. The lowest BCUT2D eigenvalue weighted by Gasteiger charge is -2.09. The van der Waals surface area contributed by atoms with E-state index >= 15 is 0 Å². The van der Waals surface area contributed by atoms with Crippen molar-refractivity contribution in [2.75, 3.05) is 6.61 Å². The molecule has 6 nitrogen and oxygen atoms in total. The summed E-state index contributed by atoms with van der Waals surface area (Å²) >= 11 is 0. The molecular formula is C20H16N2O4. The molecule has 0 aliphatic heterocycles. The van der Waals surface area contributed by atoms with Crippen molar-refractivity contribution in [1.29, 1.82) is 5.26 Å². The first kappa shape index (κ1) is 18.6. The monoisotopic (exact) mass is 348 g/mol. The smallest absolute Gasteiger partial charge is 0.266 e. The van der Waals surface area contributed by atoms with Crippen LogP contribution in [0.2, 0.25) is 0 Å². The minimum atomic E-state index is -0.638. The minimum Gasteiger partial charge on any atom is -0.507 e. The molecule has 130 valence electrons. The number of aromatic nitrogens is 1. The fourth-order valence-corrected chi connectivity index (χ4v) is 2.35. The lowest BCUT2D eigenvalue weighted by molar-refractivity contribution is 0.104. The van der Waals surface area contributed by atoms with Crippen LogP contribution in [0.15, 0.2) is 41.2 Å². The number of carbonyl (C=O) groups is 1. The van der Waals surface area contributed by atoms with Gasteiger partial charge in [0.2, 0.25) is 0 Å². The summed E-state index contributed by atoms with van der Waals surface area (Å²) in [7, 11) is 0. The van der Waals surface area contributed by atoms with E-state index in [0.29, 0.717) is 17.0 Å². The SMILES string of the molecule is C#CCn1c(C)cc(O)c(C(=O)/C=C/c2cccc(OCC#N)c2)c1=O. The van der Waals surface area contributed by atoms with Gasteiger partial charge in [0.15, 0.2) is 12.4 Å². The molecule has 0 aliphatic rings. The topological polar surface area (TPSA) is 92.3 Å². The van der Waals surface area contributed by atoms with Gasteiger partial charge >= 0.3 is 0 Å². The number of aromatic hydroxyl groups is 1. The summed E-state index contributed by atoms with van der Waals surface area (Å²) in [6, 6.07) is 9.96. The number of benzene rings is 1. The lowest BCUT2D eigenvalue weighted by atomic mass is 10.1. The first-order valence-electron chi connectivity index (χ1n) is 7.67. The first-order valence-corrected chi connectivity index (χ1v) is 7.67. The largest absolute Gasteiger partial charge is 0.507 e. The van der Waals surface area contributed by atoms with E-state index < -0.39 is 11.3 Å². The van der Waals surface area contributed by atoms with Crippen molar-refractivity contribution in [2.45, 2.75) is 13.5 Å². The highest BCUT2D eigenvalue weighted by Crippen LogP contribution is 2.18. The second kappa shape index (κ2) is 8.36. The lowest BCUT2D eigenvalue weighted by Crippen LogP contribution is -2.27. The van der Waals surface area contributed by atoms with Crippen molar-refractivity contribution in [3.8, 4) is 29.9 Å². The number of rotatable bonds is 6. The fraction of sp³-hybridized carbons (Fsp3) is 0.150. The van der Waals surface area contributed by atoms with Crippen LogP contribution >= 0.6 is 0 Å². The van der Waals surface area contributed by atoms with Crippen LogP contribution in [-0.2, 0) is 6.54 Å². The Labute approximate surface area is 150 Å². The van der Waals surface area contributed by atoms with Gasteiger partial charge in [0.1, 0.15) is 23.1 Å². The molecule has 0 atom stereocenters. The van der Waals surface area contributed by atoms with E-state index in [2.05, 4.69) is 5.92 Å². The average Bonchev–Trinajstić information content (AvgIpc) is 2.62. The zero-order valence-corrected chi connectivity index (χ0v) is 14.1. The Morgan fingerprint density at radius 2 is 2.19 bits per heavy atom. The minimum absolute atomic E-state index is 0.00716. The molecule has 0 amide bonds. The molecule has 2 rings (SSSR count). The maximum Gasteiger partial charge on any atom is 0.266 e. The van der Waals surface area contributed by atoms with Crippen molar-refractivity contribution in [2.24, 2.45) is 0 Å². The summed E-state index contributed by atoms with van der Waals surface area (Å²) < 4.78 is 6.44. The molecule has 0 spiro atoms. The zero-order chi connectivity index (χ0) is 19.1. The van der Waals surface area contributed by atoms with Gasteiger partial charge in [0, 0.05) is 11.8 Å². The van der Waals surface area contributed by atoms with Crippen molar-refractivity contribution in [3.05, 3.63) is 63.6 Å². The van der Waals surface area contributed by atoms with Crippen LogP contribution in [0.5, 0.6) is 11.5 Å². The molecule has 0 unspecified atom stereocenters. The number of aryl methyl sites for hydroxylation is 1. The number of hydrogen-bond donors (Lipinski definition) is 1. The van der Waals surface area contributed by atoms with Crippen LogP contribution < -0.4 is 10.3 Å². The number of carbonyl (C=O) groups excluding carboxylic acids is 1. The molecule has 1 heterocycles. The molecule has 0 bridgehead atoms. The number of ketones is 1. The molecule has 1 aromatic carbocycles. The van der Waals surface area contributed by atoms with E-state index in [1.54, 1.807) is 31.2 Å². The van der Waals surface area contributed by atoms with Gasteiger partial charge in [-0.25, -0.2) is 0 Å². The van der Waals surface area contributed by atoms with E-state index in [9.17, 15) is 14.7 Å². The summed E-state index contributed by atoms with van der Waals surface area (Å²) in [4.78, 5) is 24.8. The van der Waals surface area contributed by atoms with Gasteiger partial charge in [0.25, 0.3) is 5.56 Å². The molecule has 2 aromatic rings. The van der Waals surface area contributed by atoms with Crippen molar-refractivity contribution >= 4 is 11.9 Å². The standard InChI is InChI=1S/C20H16N2O4/c1-3-10-22-14(2)12-18(24)19(20(22)25)17(23)8-7-15-5-4-6-16(13-15)26-11-9-21/h1,4-8,12-13,24H,10-11H2,2H3/b8-7+. The van der Waals surface area contributed by atoms with Gasteiger partial charge in [-0.1, -0.05) is 24.1 Å². The second-order valence-corrected chi connectivity index (χ2v) is 5.36. The third kappa shape index (κ3) is 4.19. The van der Waals surface area contributed by atoms with Crippen molar-refractivity contribution < 1.29 is 14.6 Å². The van der Waals surface area contributed by atoms with E-state index in [1.165, 1.54) is 22.8 Å². The highest BCUT2D eigenvalue weighted by molar-refractivity contribution is 6.08. The third-order valence-electron chi connectivity index (χ3n) is 3.57. The van der Waals surface area contributed by atoms with Crippen LogP contribution in [0.3, 0.4) is 0 Å². The normalized spacial score (nSPS) is 10.3. The van der Waals surface area contributed by atoms with Gasteiger partial charge < -0.3 is 14.4 Å². The molecule has 0 saturated carbocycles. The van der Waals surface area contributed by atoms with Crippen LogP contribution in [0.4, 0.5) is 0 Å². The van der Waals surface area contributed by atoms with Gasteiger partial charge in [-0.05, 0) is 30.7 Å². The number of allylic oxidation sites excluding steroid dienone is 1. The number of pyridine rings is 1. The molecular weight excluding hydrogens is 332 g/mol. The quantitative estimate of drug-likeness (QED) is 0.491. The van der Waals surface area contributed by atoms with Crippen LogP contribution in [-0.4, -0.2) is 22.1 Å². The number of hydrogen-bond acceptors (Lipinski definition) is 5. The predicted octanol–water partition coefficient (Wildman–Crippen LogP) is 2.29. The van der Waals surface area contributed by atoms with Gasteiger partial charge in [-0.3, -0.25) is 9.59 Å². The number of nitrogens with zero attached hydrogens (tertiary/aromatic N) is 2. The van der Waals surface area contributed by atoms with Crippen molar-refractivity contribution in [1.82, 2.24) is 4.57 Å². The van der Waals surface area contributed by atoms with Crippen LogP contribution in [0.1, 0.15) is 21.6 Å². The summed E-state index contributed by atoms with van der Waals surface area (Å²) in [6.07, 6.45) is 7.92. The Morgan fingerprint density at radius 3 is 2.88 bits per heavy atom. The first-order chi connectivity index (χ1) is 12.5. The molecule has 1 N–H and O–H groups in total. The van der Waals surface area contributed by atoms with Gasteiger partial charge in [-0.15, -0.1) is 6.42 Å². The van der Waals surface area contributed by atoms with Gasteiger partial charge in [-0.2, -0.15) is 5.26 Å². The predicted molar refractivity (Wildman–Crippen MR) is 96.9 cm³/mol. The number of nitriles is 1. The third-order valence-corrected chi connectivity index (χ3v) is 3.57. The van der Waals surface area contributed by atoms with Crippen LogP contribution in [0, 0.1) is 30.6 Å². The zero-order valence-electron chi connectivity index (χ0n) is 14.1. The average molecular weight is 348 g/mol. The van der Waals surface area contributed by atoms with E-state index in [-0.39, 0.29) is 24.5 Å². The maximum atomic E-state index is 12.4. The molecule has 0 saturated heterocycles. The highest BCUT2D eigenvalue weighted by atomic mass is 16.5. The summed E-state index contributed by atoms with van der Waals surface area (Å²) in [5, 5.41) is 18.5. The second-order valence-electron chi connectivity index (χ2n) is 5.36. The Bertz CT molecular complexity index is 1000. The molecule has 1 aromatic heterocycles. The molecule has 0 radical (unpaired) electrons. The molecule has 6 heteroatoms. The maximum absolute atomic E-state index is 12.4. The Morgan fingerprint density at radius 1 is 1.42 bits per heavy atom. The Balaban J connectivity index is 2.32. The van der Waals surface area contributed by atoms with E-state index in [4.69, 9.17) is 16.4 Å². The van der Waals surface area contributed by atoms with E-state index in [0.717, 1.165) is 0 Å². The highest BCUT2D eigenvalue weighted by Gasteiger charge is 2.17. The molecule has 0 aliphatic carbocycles. The van der Waals surface area contributed by atoms with Gasteiger partial charge in [0.05, 0.1) is 6.54 Å². The van der Waals surface area contributed by atoms with E-state index in [1.807, 2.05) is 6.07 Å². The summed E-state index contributed by atoms with van der Waals surface area (Å²) in [5.74, 6) is 1.80. The molecule has 26 heavy (non-hydrogen) atoms.